The van der Waals surface area contributed by atoms with Crippen molar-refractivity contribution in [3.63, 3.8) is 0 Å². The van der Waals surface area contributed by atoms with Crippen molar-refractivity contribution >= 4 is 0 Å². The van der Waals surface area contributed by atoms with Crippen molar-refractivity contribution < 1.29 is 9.13 Å². The summed E-state index contributed by atoms with van der Waals surface area (Å²) in [6.07, 6.45) is 1.47. The first-order valence-corrected chi connectivity index (χ1v) is 4.95. The van der Waals surface area contributed by atoms with E-state index < -0.39 is 5.82 Å². The van der Waals surface area contributed by atoms with Gasteiger partial charge in [0.2, 0.25) is 0 Å². The standard InChI is InChI=1S/C13H9FN2O/c1-17-12-4-2-3-11(13(12)14)9-5-6-10(7-15)16-8-9/h2-6,8H,1H3. The fourth-order valence-electron chi connectivity index (χ4n) is 1.51. The van der Waals surface area contributed by atoms with Gasteiger partial charge in [-0.3, -0.25) is 0 Å². The van der Waals surface area contributed by atoms with Crippen LogP contribution in [0.5, 0.6) is 5.75 Å². The highest BCUT2D eigenvalue weighted by Crippen LogP contribution is 2.28. The van der Waals surface area contributed by atoms with Crippen LogP contribution in [-0.4, -0.2) is 12.1 Å². The van der Waals surface area contributed by atoms with E-state index >= 15 is 0 Å². The van der Waals surface area contributed by atoms with E-state index in [1.165, 1.54) is 13.3 Å². The third-order valence-electron chi connectivity index (χ3n) is 2.37. The van der Waals surface area contributed by atoms with Crippen molar-refractivity contribution in [3.8, 4) is 22.9 Å². The number of nitriles is 1. The predicted molar refractivity (Wildman–Crippen MR) is 60.9 cm³/mol. The maximum absolute atomic E-state index is 13.9. The molecule has 0 unspecified atom stereocenters. The fraction of sp³-hybridized carbons (Fsp3) is 0.0769. The summed E-state index contributed by atoms with van der Waals surface area (Å²) in [5.41, 5.74) is 1.32. The lowest BCUT2D eigenvalue weighted by molar-refractivity contribution is 0.387. The molecule has 0 saturated heterocycles. The van der Waals surface area contributed by atoms with Gasteiger partial charge in [0.05, 0.1) is 7.11 Å². The largest absolute Gasteiger partial charge is 0.494 e. The highest BCUT2D eigenvalue weighted by Gasteiger charge is 2.10. The minimum absolute atomic E-state index is 0.187. The van der Waals surface area contributed by atoms with E-state index in [-0.39, 0.29) is 5.75 Å². The summed E-state index contributed by atoms with van der Waals surface area (Å²) >= 11 is 0. The number of benzene rings is 1. The molecule has 0 aliphatic heterocycles. The fourth-order valence-corrected chi connectivity index (χ4v) is 1.51. The molecule has 0 atom stereocenters. The van der Waals surface area contributed by atoms with E-state index in [4.69, 9.17) is 10.00 Å². The maximum Gasteiger partial charge on any atom is 0.172 e. The summed E-state index contributed by atoms with van der Waals surface area (Å²) in [5, 5.41) is 8.63. The van der Waals surface area contributed by atoms with E-state index in [2.05, 4.69) is 4.98 Å². The summed E-state index contributed by atoms with van der Waals surface area (Å²) in [5.74, 6) is -0.242. The zero-order valence-electron chi connectivity index (χ0n) is 9.14. The van der Waals surface area contributed by atoms with E-state index in [9.17, 15) is 4.39 Å². The first-order valence-electron chi connectivity index (χ1n) is 4.95. The van der Waals surface area contributed by atoms with Crippen LogP contribution < -0.4 is 4.74 Å². The average Bonchev–Trinajstić information content (AvgIpc) is 2.39. The molecule has 0 radical (unpaired) electrons. The van der Waals surface area contributed by atoms with Gasteiger partial charge in [-0.2, -0.15) is 5.26 Å². The molecular formula is C13H9FN2O. The summed E-state index contributed by atoms with van der Waals surface area (Å²) in [4.78, 5) is 3.90. The van der Waals surface area contributed by atoms with Crippen molar-refractivity contribution in [2.75, 3.05) is 7.11 Å². The highest BCUT2D eigenvalue weighted by atomic mass is 19.1. The van der Waals surface area contributed by atoms with E-state index in [0.717, 1.165) is 0 Å². The summed E-state index contributed by atoms with van der Waals surface area (Å²) < 4.78 is 18.8. The van der Waals surface area contributed by atoms with Crippen molar-refractivity contribution in [3.05, 3.63) is 48.0 Å². The molecule has 17 heavy (non-hydrogen) atoms. The van der Waals surface area contributed by atoms with E-state index in [1.807, 2.05) is 6.07 Å². The number of pyridine rings is 1. The Kier molecular flexibility index (Phi) is 3.01. The van der Waals surface area contributed by atoms with Crippen LogP contribution in [0.25, 0.3) is 11.1 Å². The van der Waals surface area contributed by atoms with Gasteiger partial charge in [0.15, 0.2) is 11.6 Å². The van der Waals surface area contributed by atoms with Crippen LogP contribution in [0.15, 0.2) is 36.5 Å². The Hall–Kier alpha value is -2.41. The van der Waals surface area contributed by atoms with Gasteiger partial charge in [-0.1, -0.05) is 12.1 Å². The van der Waals surface area contributed by atoms with Gasteiger partial charge >= 0.3 is 0 Å². The molecule has 0 N–H and O–H groups in total. The van der Waals surface area contributed by atoms with E-state index in [1.54, 1.807) is 30.3 Å². The van der Waals surface area contributed by atoms with E-state index in [0.29, 0.717) is 16.8 Å². The maximum atomic E-state index is 13.9. The van der Waals surface area contributed by atoms with Gasteiger partial charge in [-0.05, 0) is 18.2 Å². The first-order chi connectivity index (χ1) is 8.26. The number of methoxy groups -OCH3 is 1. The zero-order chi connectivity index (χ0) is 12.3. The second kappa shape index (κ2) is 4.62. The number of hydrogen-bond donors (Lipinski definition) is 0. The molecule has 0 bridgehead atoms. The number of aromatic nitrogens is 1. The summed E-state index contributed by atoms with van der Waals surface area (Å²) in [6, 6.07) is 10.0. The van der Waals surface area contributed by atoms with Crippen molar-refractivity contribution in [2.24, 2.45) is 0 Å². The van der Waals surface area contributed by atoms with Gasteiger partial charge in [-0.25, -0.2) is 9.37 Å². The van der Waals surface area contributed by atoms with Gasteiger partial charge in [0, 0.05) is 17.3 Å². The molecule has 4 heteroatoms. The summed E-state index contributed by atoms with van der Waals surface area (Å²) in [7, 11) is 1.42. The Morgan fingerprint density at radius 3 is 2.71 bits per heavy atom. The quantitative estimate of drug-likeness (QED) is 0.793. The van der Waals surface area contributed by atoms with Crippen LogP contribution >= 0.6 is 0 Å². The van der Waals surface area contributed by atoms with Crippen LogP contribution in [0.2, 0.25) is 0 Å². The molecule has 3 nitrogen and oxygen atoms in total. The first kappa shape index (κ1) is 11.1. The Morgan fingerprint density at radius 1 is 1.29 bits per heavy atom. The molecule has 0 saturated carbocycles. The molecule has 1 aromatic carbocycles. The highest BCUT2D eigenvalue weighted by molar-refractivity contribution is 5.65. The normalized spacial score (nSPS) is 9.71. The Morgan fingerprint density at radius 2 is 2.12 bits per heavy atom. The SMILES string of the molecule is COc1cccc(-c2ccc(C#N)nc2)c1F. The van der Waals surface area contributed by atoms with Gasteiger partial charge in [0.25, 0.3) is 0 Å². The van der Waals surface area contributed by atoms with Gasteiger partial charge in [-0.15, -0.1) is 0 Å². The second-order valence-corrected chi connectivity index (χ2v) is 3.37. The molecule has 2 rings (SSSR count). The number of nitrogens with zero attached hydrogens (tertiary/aromatic N) is 2. The van der Waals surface area contributed by atoms with Crippen LogP contribution in [0.3, 0.4) is 0 Å². The van der Waals surface area contributed by atoms with Gasteiger partial charge in [0.1, 0.15) is 11.8 Å². The van der Waals surface area contributed by atoms with Crippen LogP contribution in [0, 0.1) is 17.1 Å². The molecule has 0 aliphatic carbocycles. The Balaban J connectivity index is 2.49. The molecule has 2 aromatic rings. The minimum Gasteiger partial charge on any atom is -0.494 e. The molecule has 0 fully saturated rings. The molecule has 1 aromatic heterocycles. The van der Waals surface area contributed by atoms with Gasteiger partial charge < -0.3 is 4.74 Å². The lowest BCUT2D eigenvalue weighted by Crippen LogP contribution is -1.92. The molecule has 0 amide bonds. The van der Waals surface area contributed by atoms with Crippen molar-refractivity contribution in [1.29, 1.82) is 5.26 Å². The topological polar surface area (TPSA) is 45.9 Å². The number of hydrogen-bond acceptors (Lipinski definition) is 3. The van der Waals surface area contributed by atoms with Crippen LogP contribution in [0.4, 0.5) is 4.39 Å². The Bertz CT molecular complexity index is 573. The van der Waals surface area contributed by atoms with Crippen molar-refractivity contribution in [1.82, 2.24) is 4.98 Å². The number of ether oxygens (including phenoxy) is 1. The average molecular weight is 228 g/mol. The number of halogens is 1. The monoisotopic (exact) mass is 228 g/mol. The van der Waals surface area contributed by atoms with Crippen LogP contribution in [0.1, 0.15) is 5.69 Å². The summed E-state index contributed by atoms with van der Waals surface area (Å²) in [6.45, 7) is 0. The lowest BCUT2D eigenvalue weighted by Gasteiger charge is -2.06. The lowest BCUT2D eigenvalue weighted by atomic mass is 10.1. The molecule has 84 valence electrons. The molecule has 0 spiro atoms. The molecular weight excluding hydrogens is 219 g/mol. The minimum atomic E-state index is -0.429. The predicted octanol–water partition coefficient (Wildman–Crippen LogP) is 2.77. The second-order valence-electron chi connectivity index (χ2n) is 3.37. The van der Waals surface area contributed by atoms with Crippen LogP contribution in [-0.2, 0) is 0 Å². The zero-order valence-corrected chi connectivity index (χ0v) is 9.14. The Labute approximate surface area is 98.1 Å². The molecule has 0 aliphatic rings. The third kappa shape index (κ3) is 2.08. The molecule has 1 heterocycles. The smallest absolute Gasteiger partial charge is 0.172 e. The van der Waals surface area contributed by atoms with Crippen molar-refractivity contribution in [2.45, 2.75) is 0 Å². The third-order valence-corrected chi connectivity index (χ3v) is 2.37. The number of rotatable bonds is 2.